The first-order chi connectivity index (χ1) is 9.65. The van der Waals surface area contributed by atoms with Crippen molar-refractivity contribution in [3.63, 3.8) is 0 Å². The van der Waals surface area contributed by atoms with Gasteiger partial charge in [0.25, 0.3) is 0 Å². The molecule has 102 valence electrons. The molecule has 1 aromatic carbocycles. The summed E-state index contributed by atoms with van der Waals surface area (Å²) in [6.45, 7) is 6.27. The van der Waals surface area contributed by atoms with Crippen LogP contribution in [0.4, 0.5) is 5.82 Å². The monoisotopic (exact) mass is 266 g/mol. The molecule has 4 heteroatoms. The van der Waals surface area contributed by atoms with E-state index < -0.39 is 0 Å². The van der Waals surface area contributed by atoms with Crippen LogP contribution in [0.25, 0.3) is 5.52 Å². The maximum Gasteiger partial charge on any atom is 0.152 e. The van der Waals surface area contributed by atoms with E-state index in [0.29, 0.717) is 0 Å². The molecular formula is C16H18N4. The lowest BCUT2D eigenvalue weighted by Gasteiger charge is -2.17. The minimum atomic E-state index is 0.199. The summed E-state index contributed by atoms with van der Waals surface area (Å²) in [6.07, 6.45) is 3.64. The van der Waals surface area contributed by atoms with Crippen LogP contribution in [0.1, 0.15) is 29.8 Å². The molecule has 3 rings (SSSR count). The number of anilines is 1. The SMILES string of the molecule is Cc1cc2c(NC(C)c3ccccc3C)nccn2n1. The summed E-state index contributed by atoms with van der Waals surface area (Å²) in [7, 11) is 0. The highest BCUT2D eigenvalue weighted by Gasteiger charge is 2.11. The highest BCUT2D eigenvalue weighted by molar-refractivity contribution is 5.68. The molecule has 1 unspecified atom stereocenters. The third kappa shape index (κ3) is 2.25. The molecule has 3 aromatic rings. The van der Waals surface area contributed by atoms with Gasteiger partial charge in [-0.15, -0.1) is 0 Å². The molecule has 1 N–H and O–H groups in total. The van der Waals surface area contributed by atoms with Gasteiger partial charge in [-0.25, -0.2) is 9.50 Å². The Balaban J connectivity index is 1.95. The second-order valence-electron chi connectivity index (χ2n) is 5.11. The van der Waals surface area contributed by atoms with Crippen molar-refractivity contribution in [3.8, 4) is 0 Å². The minimum Gasteiger partial charge on any atom is -0.362 e. The summed E-state index contributed by atoms with van der Waals surface area (Å²) in [5, 5.41) is 7.89. The standard InChI is InChI=1S/C16H18N4/c1-11-6-4-5-7-14(11)13(3)18-16-15-10-12(2)19-20(15)9-8-17-16/h4-10,13H,1-3H3,(H,17,18). The minimum absolute atomic E-state index is 0.199. The Bertz CT molecular complexity index is 745. The first kappa shape index (κ1) is 12.7. The zero-order chi connectivity index (χ0) is 14.1. The lowest BCUT2D eigenvalue weighted by atomic mass is 10.0. The molecule has 0 radical (unpaired) electrons. The van der Waals surface area contributed by atoms with Gasteiger partial charge in [0.15, 0.2) is 5.82 Å². The topological polar surface area (TPSA) is 42.2 Å². The number of hydrogen-bond donors (Lipinski definition) is 1. The molecule has 1 atom stereocenters. The smallest absolute Gasteiger partial charge is 0.152 e. The highest BCUT2D eigenvalue weighted by atomic mass is 15.2. The van der Waals surface area contributed by atoms with Gasteiger partial charge < -0.3 is 5.32 Å². The van der Waals surface area contributed by atoms with Crippen LogP contribution in [0.5, 0.6) is 0 Å². The van der Waals surface area contributed by atoms with Gasteiger partial charge in [0.2, 0.25) is 0 Å². The maximum atomic E-state index is 4.44. The van der Waals surface area contributed by atoms with E-state index in [1.165, 1.54) is 11.1 Å². The van der Waals surface area contributed by atoms with Gasteiger partial charge in [0.05, 0.1) is 11.7 Å². The average molecular weight is 266 g/mol. The lowest BCUT2D eigenvalue weighted by Crippen LogP contribution is -2.10. The van der Waals surface area contributed by atoms with Crippen LogP contribution in [0.15, 0.2) is 42.7 Å². The second-order valence-corrected chi connectivity index (χ2v) is 5.11. The number of nitrogens with one attached hydrogen (secondary N) is 1. The van der Waals surface area contributed by atoms with Crippen LogP contribution < -0.4 is 5.32 Å². The summed E-state index contributed by atoms with van der Waals surface area (Å²) >= 11 is 0. The predicted octanol–water partition coefficient (Wildman–Crippen LogP) is 3.52. The summed E-state index contributed by atoms with van der Waals surface area (Å²) in [5.74, 6) is 0.865. The van der Waals surface area contributed by atoms with Crippen molar-refractivity contribution in [2.45, 2.75) is 26.8 Å². The fraction of sp³-hybridized carbons (Fsp3) is 0.250. The summed E-state index contributed by atoms with van der Waals surface area (Å²) in [5.41, 5.74) is 4.56. The molecule has 0 fully saturated rings. The van der Waals surface area contributed by atoms with Crippen molar-refractivity contribution in [3.05, 3.63) is 59.5 Å². The molecule has 0 saturated heterocycles. The Morgan fingerprint density at radius 1 is 1.20 bits per heavy atom. The normalized spacial score (nSPS) is 12.6. The molecule has 0 saturated carbocycles. The third-order valence-corrected chi connectivity index (χ3v) is 3.52. The van der Waals surface area contributed by atoms with Gasteiger partial charge in [-0.2, -0.15) is 5.10 Å². The second kappa shape index (κ2) is 4.96. The van der Waals surface area contributed by atoms with E-state index in [2.05, 4.69) is 53.5 Å². The van der Waals surface area contributed by atoms with E-state index >= 15 is 0 Å². The van der Waals surface area contributed by atoms with Gasteiger partial charge in [-0.1, -0.05) is 24.3 Å². The molecule has 2 aromatic heterocycles. The Kier molecular flexibility index (Phi) is 3.14. The Hall–Kier alpha value is -2.36. The first-order valence-electron chi connectivity index (χ1n) is 6.78. The summed E-state index contributed by atoms with van der Waals surface area (Å²) in [6, 6.07) is 10.6. The average Bonchev–Trinajstić information content (AvgIpc) is 2.80. The van der Waals surface area contributed by atoms with Crippen molar-refractivity contribution in [2.24, 2.45) is 0 Å². The fourth-order valence-electron chi connectivity index (χ4n) is 2.51. The number of rotatable bonds is 3. The number of aryl methyl sites for hydroxylation is 2. The summed E-state index contributed by atoms with van der Waals surface area (Å²) < 4.78 is 1.86. The molecule has 0 amide bonds. The number of hydrogen-bond acceptors (Lipinski definition) is 3. The molecule has 0 bridgehead atoms. The van der Waals surface area contributed by atoms with Crippen LogP contribution in [0.2, 0.25) is 0 Å². The van der Waals surface area contributed by atoms with Crippen molar-refractivity contribution in [1.29, 1.82) is 0 Å². The van der Waals surface area contributed by atoms with E-state index in [0.717, 1.165) is 17.0 Å². The maximum absolute atomic E-state index is 4.44. The van der Waals surface area contributed by atoms with Gasteiger partial charge in [0, 0.05) is 12.4 Å². The van der Waals surface area contributed by atoms with Gasteiger partial charge in [-0.05, 0) is 38.0 Å². The van der Waals surface area contributed by atoms with E-state index in [9.17, 15) is 0 Å². The van der Waals surface area contributed by atoms with Crippen molar-refractivity contribution >= 4 is 11.3 Å². The first-order valence-corrected chi connectivity index (χ1v) is 6.78. The Morgan fingerprint density at radius 2 is 2.00 bits per heavy atom. The predicted molar refractivity (Wildman–Crippen MR) is 80.9 cm³/mol. The molecule has 0 spiro atoms. The summed E-state index contributed by atoms with van der Waals surface area (Å²) in [4.78, 5) is 4.44. The molecule has 20 heavy (non-hydrogen) atoms. The van der Waals surface area contributed by atoms with Crippen LogP contribution in [-0.4, -0.2) is 14.6 Å². The van der Waals surface area contributed by atoms with Crippen molar-refractivity contribution in [2.75, 3.05) is 5.32 Å². The van der Waals surface area contributed by atoms with E-state index in [1.807, 2.05) is 23.7 Å². The molecular weight excluding hydrogens is 248 g/mol. The molecule has 0 aliphatic heterocycles. The number of aromatic nitrogens is 3. The number of benzene rings is 1. The Morgan fingerprint density at radius 3 is 2.80 bits per heavy atom. The van der Waals surface area contributed by atoms with Crippen LogP contribution in [0.3, 0.4) is 0 Å². The quantitative estimate of drug-likeness (QED) is 0.788. The highest BCUT2D eigenvalue weighted by Crippen LogP contribution is 2.23. The van der Waals surface area contributed by atoms with Gasteiger partial charge >= 0.3 is 0 Å². The third-order valence-electron chi connectivity index (χ3n) is 3.52. The zero-order valence-electron chi connectivity index (χ0n) is 12.0. The molecule has 0 aliphatic carbocycles. The Labute approximate surface area is 118 Å². The number of fused-ring (bicyclic) bond motifs is 1. The lowest BCUT2D eigenvalue weighted by molar-refractivity contribution is 0.856. The van der Waals surface area contributed by atoms with Crippen molar-refractivity contribution < 1.29 is 0 Å². The van der Waals surface area contributed by atoms with Gasteiger partial charge in [0.1, 0.15) is 5.52 Å². The molecule has 0 aliphatic rings. The van der Waals surface area contributed by atoms with Crippen LogP contribution in [0, 0.1) is 13.8 Å². The van der Waals surface area contributed by atoms with Crippen LogP contribution >= 0.6 is 0 Å². The molecule has 4 nitrogen and oxygen atoms in total. The number of nitrogens with zero attached hydrogens (tertiary/aromatic N) is 3. The molecule has 2 heterocycles. The van der Waals surface area contributed by atoms with E-state index in [-0.39, 0.29) is 6.04 Å². The fourth-order valence-corrected chi connectivity index (χ4v) is 2.51. The zero-order valence-corrected chi connectivity index (χ0v) is 12.0. The van der Waals surface area contributed by atoms with Crippen LogP contribution in [-0.2, 0) is 0 Å². The van der Waals surface area contributed by atoms with Gasteiger partial charge in [-0.3, -0.25) is 0 Å². The van der Waals surface area contributed by atoms with Crippen molar-refractivity contribution in [1.82, 2.24) is 14.6 Å². The van der Waals surface area contributed by atoms with E-state index in [4.69, 9.17) is 0 Å². The largest absolute Gasteiger partial charge is 0.362 e. The van der Waals surface area contributed by atoms with E-state index in [1.54, 1.807) is 6.20 Å².